The van der Waals surface area contributed by atoms with Crippen molar-refractivity contribution in [3.63, 3.8) is 0 Å². The number of aromatic nitrogens is 3. The lowest BCUT2D eigenvalue weighted by Crippen LogP contribution is -2.15. The first-order valence-corrected chi connectivity index (χ1v) is 13.3. The number of hydrogen-bond acceptors (Lipinski definition) is 5. The lowest BCUT2D eigenvalue weighted by molar-refractivity contribution is -0.137. The van der Waals surface area contributed by atoms with Crippen LogP contribution >= 0.6 is 11.6 Å². The highest BCUT2D eigenvalue weighted by Crippen LogP contribution is 2.35. The van der Waals surface area contributed by atoms with Gasteiger partial charge in [-0.3, -0.25) is 9.78 Å². The number of carbonyl (C=O) groups is 1. The maximum absolute atomic E-state index is 13.6. The second-order valence-corrected chi connectivity index (χ2v) is 10.1. The number of rotatable bonds is 8. The molecule has 1 amide bonds. The summed E-state index contributed by atoms with van der Waals surface area (Å²) in [6, 6.07) is 13.5. The number of nitrogens with zero attached hydrogens (tertiary/aromatic N) is 3. The molecule has 2 aromatic heterocycles. The smallest absolute Gasteiger partial charge is 0.416 e. The summed E-state index contributed by atoms with van der Waals surface area (Å²) in [7, 11) is 0. The normalized spacial score (nSPS) is 13.8. The first-order valence-electron chi connectivity index (χ1n) is 12.9. The number of nitrogens with one attached hydrogen (secondary N) is 1. The summed E-state index contributed by atoms with van der Waals surface area (Å²) in [5.41, 5.74) is 2.16. The maximum atomic E-state index is 13.6. The van der Waals surface area contributed by atoms with Crippen molar-refractivity contribution in [2.45, 2.75) is 38.3 Å². The first-order chi connectivity index (χ1) is 19.3. The van der Waals surface area contributed by atoms with Gasteiger partial charge in [-0.1, -0.05) is 24.4 Å². The van der Waals surface area contributed by atoms with Crippen LogP contribution in [-0.2, 0) is 12.6 Å². The van der Waals surface area contributed by atoms with Gasteiger partial charge in [0.1, 0.15) is 12.1 Å². The van der Waals surface area contributed by atoms with Crippen LogP contribution in [0.25, 0.3) is 11.3 Å². The molecule has 0 atom stereocenters. The SMILES string of the molecule is O=C(Nc1cc(OCC2CCCC2)cc(C(F)(F)F)c1)c1ccc(Cl)c(Cc2ncccc2-c2ccncn2)c1. The second-order valence-electron chi connectivity index (χ2n) is 9.73. The minimum atomic E-state index is -4.59. The van der Waals surface area contributed by atoms with Crippen LogP contribution in [0.4, 0.5) is 18.9 Å². The van der Waals surface area contributed by atoms with Gasteiger partial charge in [0, 0.05) is 46.7 Å². The Morgan fingerprint density at radius 2 is 1.85 bits per heavy atom. The molecule has 5 rings (SSSR count). The van der Waals surface area contributed by atoms with Crippen LogP contribution in [-0.4, -0.2) is 27.5 Å². The van der Waals surface area contributed by atoms with E-state index < -0.39 is 17.6 Å². The van der Waals surface area contributed by atoms with Crippen molar-refractivity contribution in [3.8, 4) is 17.0 Å². The molecule has 0 radical (unpaired) electrons. The summed E-state index contributed by atoms with van der Waals surface area (Å²) < 4.78 is 46.6. The number of ether oxygens (including phenoxy) is 1. The van der Waals surface area contributed by atoms with E-state index in [0.29, 0.717) is 40.9 Å². The van der Waals surface area contributed by atoms with Gasteiger partial charge in [0.25, 0.3) is 5.91 Å². The van der Waals surface area contributed by atoms with Crippen LogP contribution in [0, 0.1) is 5.92 Å². The minimum absolute atomic E-state index is 0.00600. The van der Waals surface area contributed by atoms with Gasteiger partial charge in [0.05, 0.1) is 23.6 Å². The quantitative estimate of drug-likeness (QED) is 0.237. The van der Waals surface area contributed by atoms with E-state index in [-0.39, 0.29) is 17.0 Å². The largest absolute Gasteiger partial charge is 0.493 e. The highest BCUT2D eigenvalue weighted by molar-refractivity contribution is 6.31. The molecular weight excluding hydrogens is 541 g/mol. The molecule has 0 aliphatic heterocycles. The molecular formula is C30H26ClF3N4O2. The molecule has 2 aromatic carbocycles. The highest BCUT2D eigenvalue weighted by Gasteiger charge is 2.32. The lowest BCUT2D eigenvalue weighted by atomic mass is 10.0. The number of alkyl halides is 3. The second kappa shape index (κ2) is 12.0. The third-order valence-electron chi connectivity index (χ3n) is 6.87. The average molecular weight is 567 g/mol. The van der Waals surface area contributed by atoms with Gasteiger partial charge >= 0.3 is 6.18 Å². The summed E-state index contributed by atoms with van der Waals surface area (Å²) in [6.45, 7) is 0.347. The van der Waals surface area contributed by atoms with Crippen molar-refractivity contribution in [1.82, 2.24) is 15.0 Å². The number of halogens is 4. The Bertz CT molecular complexity index is 1490. The predicted molar refractivity (Wildman–Crippen MR) is 146 cm³/mol. The van der Waals surface area contributed by atoms with Crippen molar-refractivity contribution >= 4 is 23.2 Å². The van der Waals surface area contributed by atoms with Crippen molar-refractivity contribution in [2.75, 3.05) is 11.9 Å². The molecule has 6 nitrogen and oxygen atoms in total. The first kappa shape index (κ1) is 27.6. The zero-order valence-electron chi connectivity index (χ0n) is 21.4. The molecule has 0 bridgehead atoms. The van der Waals surface area contributed by atoms with E-state index in [1.54, 1.807) is 36.7 Å². The summed E-state index contributed by atoms with van der Waals surface area (Å²) >= 11 is 6.46. The van der Waals surface area contributed by atoms with Crippen LogP contribution in [0.2, 0.25) is 5.02 Å². The average Bonchev–Trinajstić information content (AvgIpc) is 3.47. The zero-order valence-corrected chi connectivity index (χ0v) is 22.2. The van der Waals surface area contributed by atoms with Crippen molar-refractivity contribution in [2.24, 2.45) is 5.92 Å². The van der Waals surface area contributed by atoms with Gasteiger partial charge in [-0.15, -0.1) is 0 Å². The van der Waals surface area contributed by atoms with Crippen LogP contribution in [0.5, 0.6) is 5.75 Å². The molecule has 1 aliphatic carbocycles. The molecule has 1 N–H and O–H groups in total. The molecule has 0 unspecified atom stereocenters. The van der Waals surface area contributed by atoms with E-state index in [9.17, 15) is 18.0 Å². The fourth-order valence-corrected chi connectivity index (χ4v) is 4.99. The molecule has 0 saturated heterocycles. The van der Waals surface area contributed by atoms with E-state index in [2.05, 4.69) is 20.3 Å². The van der Waals surface area contributed by atoms with Crippen molar-refractivity contribution < 1.29 is 22.7 Å². The summed E-state index contributed by atoms with van der Waals surface area (Å²) in [4.78, 5) is 25.9. The number of benzene rings is 2. The number of carbonyl (C=O) groups excluding carboxylic acids is 1. The Morgan fingerprint density at radius 3 is 2.60 bits per heavy atom. The van der Waals surface area contributed by atoms with E-state index in [1.807, 2.05) is 6.07 Å². The number of pyridine rings is 1. The Hall–Kier alpha value is -3.98. The molecule has 40 heavy (non-hydrogen) atoms. The van der Waals surface area contributed by atoms with Crippen LogP contribution in [0.1, 0.15) is 52.9 Å². The van der Waals surface area contributed by atoms with Gasteiger partial charge in [0.2, 0.25) is 0 Å². The lowest BCUT2D eigenvalue weighted by Gasteiger charge is -2.16. The molecule has 4 aromatic rings. The van der Waals surface area contributed by atoms with Gasteiger partial charge in [-0.25, -0.2) is 9.97 Å². The third-order valence-corrected chi connectivity index (χ3v) is 7.23. The van der Waals surface area contributed by atoms with Crippen LogP contribution < -0.4 is 10.1 Å². The van der Waals surface area contributed by atoms with E-state index in [0.717, 1.165) is 43.4 Å². The molecule has 10 heteroatoms. The minimum Gasteiger partial charge on any atom is -0.493 e. The number of anilines is 1. The summed E-state index contributed by atoms with van der Waals surface area (Å²) in [6.07, 6.45) is 4.66. The standard InChI is InChI=1S/C30H26ClF3N4O2/c31-26-8-7-20(12-21(26)13-28-25(6-3-10-36-28)27-9-11-35-18-37-27)29(39)38-23-14-22(30(32,33)34)15-24(16-23)40-17-19-4-1-2-5-19/h3,6-12,14-16,18-19H,1-2,4-5,13,17H2,(H,38,39). The number of hydrogen-bond donors (Lipinski definition) is 1. The van der Waals surface area contributed by atoms with Crippen molar-refractivity contribution in [3.05, 3.63) is 101 Å². The van der Waals surface area contributed by atoms with Gasteiger partial charge in [0.15, 0.2) is 0 Å². The van der Waals surface area contributed by atoms with E-state index in [4.69, 9.17) is 16.3 Å². The van der Waals surface area contributed by atoms with E-state index in [1.165, 1.54) is 18.5 Å². The molecule has 1 saturated carbocycles. The molecule has 1 fully saturated rings. The van der Waals surface area contributed by atoms with E-state index >= 15 is 0 Å². The van der Waals surface area contributed by atoms with Crippen LogP contribution in [0.3, 0.4) is 0 Å². The highest BCUT2D eigenvalue weighted by atomic mass is 35.5. The zero-order chi connectivity index (χ0) is 28.1. The van der Waals surface area contributed by atoms with Crippen LogP contribution in [0.15, 0.2) is 73.3 Å². The van der Waals surface area contributed by atoms with Gasteiger partial charge in [-0.2, -0.15) is 13.2 Å². The number of amides is 1. The summed E-state index contributed by atoms with van der Waals surface area (Å²) in [5.74, 6) is -0.175. The Morgan fingerprint density at radius 1 is 1.02 bits per heavy atom. The monoisotopic (exact) mass is 566 g/mol. The Kier molecular flexibility index (Phi) is 8.30. The third kappa shape index (κ3) is 6.77. The van der Waals surface area contributed by atoms with Gasteiger partial charge in [-0.05, 0) is 72.9 Å². The predicted octanol–water partition coefficient (Wildman–Crippen LogP) is 7.62. The Balaban J connectivity index is 1.37. The fourth-order valence-electron chi connectivity index (χ4n) is 4.81. The summed E-state index contributed by atoms with van der Waals surface area (Å²) in [5, 5.41) is 3.02. The molecule has 1 aliphatic rings. The van der Waals surface area contributed by atoms with Crippen molar-refractivity contribution in [1.29, 1.82) is 0 Å². The molecule has 0 spiro atoms. The topological polar surface area (TPSA) is 77.0 Å². The molecule has 2 heterocycles. The van der Waals surface area contributed by atoms with Gasteiger partial charge < -0.3 is 10.1 Å². The molecule has 206 valence electrons. The fraction of sp³-hybridized carbons (Fsp3) is 0.267. The maximum Gasteiger partial charge on any atom is 0.416 e. The Labute approximate surface area is 234 Å².